The molecule has 0 heterocycles. The molecular weight excluding hydrogens is 264 g/mol. The van der Waals surface area contributed by atoms with E-state index in [1.807, 2.05) is 49.4 Å². The molecule has 0 N–H and O–H groups in total. The summed E-state index contributed by atoms with van der Waals surface area (Å²) in [6.07, 6.45) is 0. The van der Waals surface area contributed by atoms with Crippen molar-refractivity contribution in [1.82, 2.24) is 0 Å². The average Bonchev–Trinajstić information content (AvgIpc) is 2.38. The van der Waals surface area contributed by atoms with Gasteiger partial charge < -0.3 is 4.74 Å². The number of ether oxygens (including phenoxy) is 1. The van der Waals surface area contributed by atoms with Crippen molar-refractivity contribution in [1.29, 1.82) is 0 Å². The van der Waals surface area contributed by atoms with Crippen molar-refractivity contribution < 1.29 is 4.74 Å². The summed E-state index contributed by atoms with van der Waals surface area (Å²) in [5.41, 5.74) is 2.99. The van der Waals surface area contributed by atoms with Gasteiger partial charge in [0.15, 0.2) is 0 Å². The zero-order valence-electron chi connectivity index (χ0n) is 10.2. The van der Waals surface area contributed by atoms with E-state index in [1.165, 1.54) is 0 Å². The van der Waals surface area contributed by atoms with Gasteiger partial charge in [-0.1, -0.05) is 42.0 Å². The Balaban J connectivity index is 2.44. The van der Waals surface area contributed by atoms with Gasteiger partial charge in [-0.3, -0.25) is 0 Å². The summed E-state index contributed by atoms with van der Waals surface area (Å²) in [6, 6.07) is 13.5. The molecule has 0 bridgehead atoms. The lowest BCUT2D eigenvalue weighted by atomic mass is 10.00. The lowest BCUT2D eigenvalue weighted by Crippen LogP contribution is -2.03. The van der Waals surface area contributed by atoms with Gasteiger partial charge in [-0.15, -0.1) is 0 Å². The normalized spacial score (nSPS) is 10.2. The van der Waals surface area contributed by atoms with Crippen LogP contribution in [0, 0.1) is 6.92 Å². The minimum Gasteiger partial charge on any atom is -0.497 e. The topological polar surface area (TPSA) is 9.23 Å². The Bertz CT molecular complexity index is 593. The van der Waals surface area contributed by atoms with Gasteiger partial charge in [-0.05, 0) is 42.3 Å². The van der Waals surface area contributed by atoms with Crippen LogP contribution in [0.25, 0.3) is 0 Å². The Morgan fingerprint density at radius 3 is 2.44 bits per heavy atom. The standard InChI is InChI=1S/C15H13ClOS/c1-10-9-11(17-2)7-8-12(10)15(18)13-5-3-4-6-14(13)16/h3-9H,1-2H3. The Morgan fingerprint density at radius 2 is 1.83 bits per heavy atom. The minimum atomic E-state index is 0.678. The van der Waals surface area contributed by atoms with Gasteiger partial charge in [0.2, 0.25) is 0 Å². The lowest BCUT2D eigenvalue weighted by molar-refractivity contribution is 0.414. The molecule has 0 saturated carbocycles. The first-order valence-electron chi connectivity index (χ1n) is 5.57. The molecule has 0 radical (unpaired) electrons. The number of benzene rings is 2. The van der Waals surface area contributed by atoms with Crippen LogP contribution >= 0.6 is 23.8 Å². The maximum atomic E-state index is 6.17. The Morgan fingerprint density at radius 1 is 1.11 bits per heavy atom. The second-order valence-electron chi connectivity index (χ2n) is 3.99. The van der Waals surface area contributed by atoms with Gasteiger partial charge in [0, 0.05) is 10.6 Å². The maximum Gasteiger partial charge on any atom is 0.119 e. The molecule has 0 atom stereocenters. The summed E-state index contributed by atoms with van der Waals surface area (Å²) in [6.45, 7) is 2.01. The van der Waals surface area contributed by atoms with E-state index in [4.69, 9.17) is 28.6 Å². The molecule has 0 aliphatic rings. The molecule has 0 unspecified atom stereocenters. The molecular formula is C15H13ClOS. The number of methoxy groups -OCH3 is 1. The average molecular weight is 277 g/mol. The molecule has 0 saturated heterocycles. The van der Waals surface area contributed by atoms with Crippen LogP contribution in [0.5, 0.6) is 5.75 Å². The third-order valence-corrected chi connectivity index (χ3v) is 3.57. The predicted octanol–water partition coefficient (Wildman–Crippen LogP) is 4.42. The number of rotatable bonds is 3. The van der Waals surface area contributed by atoms with Gasteiger partial charge >= 0.3 is 0 Å². The molecule has 3 heteroatoms. The first-order chi connectivity index (χ1) is 8.63. The van der Waals surface area contributed by atoms with Crippen molar-refractivity contribution in [2.45, 2.75) is 6.92 Å². The van der Waals surface area contributed by atoms with Gasteiger partial charge in [0.05, 0.1) is 12.0 Å². The van der Waals surface area contributed by atoms with Crippen molar-refractivity contribution in [3.63, 3.8) is 0 Å². The fraction of sp³-hybridized carbons (Fsp3) is 0.133. The lowest BCUT2D eigenvalue weighted by Gasteiger charge is -2.10. The monoisotopic (exact) mass is 276 g/mol. The Labute approximate surface area is 117 Å². The van der Waals surface area contributed by atoms with E-state index in [0.717, 1.165) is 27.3 Å². The molecule has 0 amide bonds. The summed E-state index contributed by atoms with van der Waals surface area (Å²) in [5, 5.41) is 0.678. The van der Waals surface area contributed by atoms with E-state index in [-0.39, 0.29) is 0 Å². The maximum absolute atomic E-state index is 6.17. The minimum absolute atomic E-state index is 0.678. The zero-order valence-corrected chi connectivity index (χ0v) is 11.8. The van der Waals surface area contributed by atoms with Crippen LogP contribution in [0.4, 0.5) is 0 Å². The van der Waals surface area contributed by atoms with E-state index < -0.39 is 0 Å². The second-order valence-corrected chi connectivity index (χ2v) is 4.81. The summed E-state index contributed by atoms with van der Waals surface area (Å²) in [4.78, 5) is 0.765. The molecule has 2 aromatic carbocycles. The van der Waals surface area contributed by atoms with E-state index in [1.54, 1.807) is 7.11 Å². The van der Waals surface area contributed by atoms with Crippen LogP contribution in [0.3, 0.4) is 0 Å². The molecule has 0 aliphatic carbocycles. The number of hydrogen-bond donors (Lipinski definition) is 0. The molecule has 2 rings (SSSR count). The molecule has 2 aromatic rings. The van der Waals surface area contributed by atoms with Crippen molar-refractivity contribution in [2.75, 3.05) is 7.11 Å². The van der Waals surface area contributed by atoms with Crippen LogP contribution in [-0.2, 0) is 0 Å². The van der Waals surface area contributed by atoms with Crippen LogP contribution in [-0.4, -0.2) is 12.0 Å². The smallest absolute Gasteiger partial charge is 0.119 e. The SMILES string of the molecule is COc1ccc(C(=S)c2ccccc2Cl)c(C)c1. The highest BCUT2D eigenvalue weighted by molar-refractivity contribution is 7.81. The fourth-order valence-electron chi connectivity index (χ4n) is 1.81. The first kappa shape index (κ1) is 13.1. The van der Waals surface area contributed by atoms with E-state index >= 15 is 0 Å². The summed E-state index contributed by atoms with van der Waals surface area (Å²) in [5.74, 6) is 0.832. The fourth-order valence-corrected chi connectivity index (χ4v) is 2.50. The summed E-state index contributed by atoms with van der Waals surface area (Å²) >= 11 is 11.7. The first-order valence-corrected chi connectivity index (χ1v) is 6.36. The molecule has 0 aromatic heterocycles. The number of aryl methyl sites for hydroxylation is 1. The van der Waals surface area contributed by atoms with Crippen LogP contribution < -0.4 is 4.74 Å². The van der Waals surface area contributed by atoms with Gasteiger partial charge in [-0.2, -0.15) is 0 Å². The number of thiocarbonyl (C=S) groups is 1. The highest BCUT2D eigenvalue weighted by atomic mass is 35.5. The zero-order chi connectivity index (χ0) is 13.1. The largest absolute Gasteiger partial charge is 0.497 e. The van der Waals surface area contributed by atoms with Crippen molar-refractivity contribution in [2.24, 2.45) is 0 Å². The molecule has 92 valence electrons. The molecule has 0 aliphatic heterocycles. The highest BCUT2D eigenvalue weighted by Gasteiger charge is 2.11. The molecule has 18 heavy (non-hydrogen) atoms. The van der Waals surface area contributed by atoms with Gasteiger partial charge in [0.25, 0.3) is 0 Å². The van der Waals surface area contributed by atoms with E-state index in [2.05, 4.69) is 0 Å². The van der Waals surface area contributed by atoms with Gasteiger partial charge in [0.1, 0.15) is 5.75 Å². The second kappa shape index (κ2) is 5.51. The number of halogens is 1. The third-order valence-electron chi connectivity index (χ3n) is 2.80. The molecule has 1 nitrogen and oxygen atoms in total. The third kappa shape index (κ3) is 2.55. The van der Waals surface area contributed by atoms with Crippen LogP contribution in [0.15, 0.2) is 42.5 Å². The predicted molar refractivity (Wildman–Crippen MR) is 80.0 cm³/mol. The van der Waals surface area contributed by atoms with Crippen LogP contribution in [0.1, 0.15) is 16.7 Å². The summed E-state index contributed by atoms with van der Waals surface area (Å²) in [7, 11) is 1.65. The van der Waals surface area contributed by atoms with E-state index in [0.29, 0.717) is 5.02 Å². The highest BCUT2D eigenvalue weighted by Crippen LogP contribution is 2.24. The number of hydrogen-bond acceptors (Lipinski definition) is 2. The van der Waals surface area contributed by atoms with Crippen molar-refractivity contribution >= 4 is 28.7 Å². The van der Waals surface area contributed by atoms with Crippen LogP contribution in [0.2, 0.25) is 5.02 Å². The van der Waals surface area contributed by atoms with Gasteiger partial charge in [-0.25, -0.2) is 0 Å². The Kier molecular flexibility index (Phi) is 4.00. The molecule has 0 spiro atoms. The quantitative estimate of drug-likeness (QED) is 0.606. The Hall–Kier alpha value is -1.38. The van der Waals surface area contributed by atoms with Crippen molar-refractivity contribution in [3.8, 4) is 5.75 Å². The molecule has 0 fully saturated rings. The van der Waals surface area contributed by atoms with Crippen molar-refractivity contribution in [3.05, 3.63) is 64.2 Å². The summed E-state index contributed by atoms with van der Waals surface area (Å²) < 4.78 is 5.19. The van der Waals surface area contributed by atoms with E-state index in [9.17, 15) is 0 Å².